The first-order valence-corrected chi connectivity index (χ1v) is 4.53. The number of hydrogen-bond donors (Lipinski definition) is 1. The van der Waals surface area contributed by atoms with Gasteiger partial charge in [-0.1, -0.05) is 0 Å². The van der Waals surface area contributed by atoms with Crippen LogP contribution in [0.2, 0.25) is 0 Å². The molecule has 0 saturated heterocycles. The lowest BCUT2D eigenvalue weighted by molar-refractivity contribution is 0.528. The van der Waals surface area contributed by atoms with Crippen molar-refractivity contribution < 1.29 is 4.42 Å². The van der Waals surface area contributed by atoms with Gasteiger partial charge in [0, 0.05) is 25.0 Å². The van der Waals surface area contributed by atoms with E-state index in [-0.39, 0.29) is 5.63 Å². The van der Waals surface area contributed by atoms with E-state index in [4.69, 9.17) is 4.42 Å². The molecule has 0 saturated carbocycles. The van der Waals surface area contributed by atoms with Gasteiger partial charge in [-0.25, -0.2) is 4.79 Å². The Labute approximate surface area is 86.6 Å². The Hall–Kier alpha value is -2.10. The van der Waals surface area contributed by atoms with Gasteiger partial charge in [0.2, 0.25) is 0 Å². The van der Waals surface area contributed by atoms with Crippen LogP contribution in [-0.2, 0) is 0 Å². The predicted octanol–water partition coefficient (Wildman–Crippen LogP) is 1.74. The third-order valence-electron chi connectivity index (χ3n) is 2.04. The number of pyridine rings is 1. The first-order valence-electron chi connectivity index (χ1n) is 4.53. The highest BCUT2D eigenvalue weighted by Gasteiger charge is 2.03. The summed E-state index contributed by atoms with van der Waals surface area (Å²) < 4.78 is 5.13. The molecule has 0 aliphatic heterocycles. The SMILES string of the molecule is CNc1ccc(-c2cccnc2)oc1=O. The van der Waals surface area contributed by atoms with Gasteiger partial charge >= 0.3 is 5.63 Å². The molecule has 1 N–H and O–H groups in total. The third kappa shape index (κ3) is 1.88. The quantitative estimate of drug-likeness (QED) is 0.805. The Morgan fingerprint density at radius 2 is 2.20 bits per heavy atom. The summed E-state index contributed by atoms with van der Waals surface area (Å²) in [6.45, 7) is 0. The summed E-state index contributed by atoms with van der Waals surface area (Å²) in [5.74, 6) is 0.520. The molecule has 4 nitrogen and oxygen atoms in total. The van der Waals surface area contributed by atoms with Gasteiger partial charge in [-0.15, -0.1) is 0 Å². The van der Waals surface area contributed by atoms with Crippen LogP contribution < -0.4 is 10.9 Å². The minimum atomic E-state index is -0.376. The fourth-order valence-corrected chi connectivity index (χ4v) is 1.26. The fourth-order valence-electron chi connectivity index (χ4n) is 1.26. The van der Waals surface area contributed by atoms with Gasteiger partial charge in [0.1, 0.15) is 11.4 Å². The van der Waals surface area contributed by atoms with Crippen LogP contribution in [0.15, 0.2) is 45.9 Å². The maximum Gasteiger partial charge on any atom is 0.359 e. The molecule has 0 aliphatic rings. The van der Waals surface area contributed by atoms with E-state index in [1.165, 1.54) is 0 Å². The second-order valence-electron chi connectivity index (χ2n) is 2.99. The van der Waals surface area contributed by atoms with E-state index in [0.29, 0.717) is 11.4 Å². The number of rotatable bonds is 2. The summed E-state index contributed by atoms with van der Waals surface area (Å²) in [5.41, 5.74) is 0.860. The largest absolute Gasteiger partial charge is 0.421 e. The minimum absolute atomic E-state index is 0.376. The molecular formula is C11H10N2O2. The zero-order valence-electron chi connectivity index (χ0n) is 8.23. The van der Waals surface area contributed by atoms with E-state index < -0.39 is 0 Å². The molecule has 0 spiro atoms. The van der Waals surface area contributed by atoms with Crippen molar-refractivity contribution >= 4 is 5.69 Å². The molecule has 0 aliphatic carbocycles. The van der Waals surface area contributed by atoms with Crippen molar-refractivity contribution in [1.82, 2.24) is 4.98 Å². The van der Waals surface area contributed by atoms with E-state index in [1.54, 1.807) is 37.6 Å². The minimum Gasteiger partial charge on any atom is -0.421 e. The van der Waals surface area contributed by atoms with E-state index in [9.17, 15) is 4.79 Å². The molecular weight excluding hydrogens is 192 g/mol. The standard InChI is InChI=1S/C11H10N2O2/c1-12-9-4-5-10(15-11(9)14)8-3-2-6-13-7-8/h2-7,12H,1H3. The normalized spacial score (nSPS) is 9.93. The van der Waals surface area contributed by atoms with Crippen LogP contribution in [-0.4, -0.2) is 12.0 Å². The maximum atomic E-state index is 11.4. The highest BCUT2D eigenvalue weighted by molar-refractivity contribution is 5.57. The maximum absolute atomic E-state index is 11.4. The van der Waals surface area contributed by atoms with Crippen molar-refractivity contribution in [3.8, 4) is 11.3 Å². The van der Waals surface area contributed by atoms with Crippen LogP contribution in [0.4, 0.5) is 5.69 Å². The number of aromatic nitrogens is 1. The average Bonchev–Trinajstić information content (AvgIpc) is 2.30. The lowest BCUT2D eigenvalue weighted by Gasteiger charge is -2.01. The van der Waals surface area contributed by atoms with Crippen molar-refractivity contribution in [3.63, 3.8) is 0 Å². The molecule has 0 bridgehead atoms. The predicted molar refractivity (Wildman–Crippen MR) is 57.8 cm³/mol. The highest BCUT2D eigenvalue weighted by Crippen LogP contribution is 2.16. The number of anilines is 1. The number of hydrogen-bond acceptors (Lipinski definition) is 4. The molecule has 2 heterocycles. The summed E-state index contributed by atoms with van der Waals surface area (Å²) in [7, 11) is 1.68. The molecule has 15 heavy (non-hydrogen) atoms. The molecule has 0 atom stereocenters. The smallest absolute Gasteiger partial charge is 0.359 e. The van der Waals surface area contributed by atoms with Crippen molar-refractivity contribution in [3.05, 3.63) is 47.1 Å². The molecule has 4 heteroatoms. The Kier molecular flexibility index (Phi) is 2.49. The third-order valence-corrected chi connectivity index (χ3v) is 2.04. The molecule has 76 valence electrons. The average molecular weight is 202 g/mol. The Morgan fingerprint density at radius 3 is 2.80 bits per heavy atom. The van der Waals surface area contributed by atoms with Gasteiger partial charge in [0.15, 0.2) is 0 Å². The molecule has 2 rings (SSSR count). The van der Waals surface area contributed by atoms with Crippen molar-refractivity contribution in [1.29, 1.82) is 0 Å². The van der Waals surface area contributed by atoms with E-state index in [1.807, 2.05) is 6.07 Å². The topological polar surface area (TPSA) is 55.1 Å². The lowest BCUT2D eigenvalue weighted by Crippen LogP contribution is -2.06. The summed E-state index contributed by atoms with van der Waals surface area (Å²) >= 11 is 0. The molecule has 2 aromatic heterocycles. The molecule has 2 aromatic rings. The molecule has 0 unspecified atom stereocenters. The zero-order chi connectivity index (χ0) is 10.7. The van der Waals surface area contributed by atoms with E-state index in [2.05, 4.69) is 10.3 Å². The van der Waals surface area contributed by atoms with Crippen LogP contribution in [0.3, 0.4) is 0 Å². The van der Waals surface area contributed by atoms with Gasteiger partial charge in [-0.3, -0.25) is 4.98 Å². The first kappa shape index (κ1) is 9.45. The first-order chi connectivity index (χ1) is 7.31. The van der Waals surface area contributed by atoms with E-state index in [0.717, 1.165) is 5.56 Å². The lowest BCUT2D eigenvalue weighted by atomic mass is 10.2. The van der Waals surface area contributed by atoms with Gasteiger partial charge in [0.05, 0.1) is 0 Å². The van der Waals surface area contributed by atoms with Crippen LogP contribution in [0.25, 0.3) is 11.3 Å². The molecule has 0 radical (unpaired) electrons. The van der Waals surface area contributed by atoms with Gasteiger partial charge in [0.25, 0.3) is 0 Å². The van der Waals surface area contributed by atoms with E-state index >= 15 is 0 Å². The Balaban J connectivity index is 2.48. The fraction of sp³-hybridized carbons (Fsp3) is 0.0909. The van der Waals surface area contributed by atoms with Crippen molar-refractivity contribution in [2.45, 2.75) is 0 Å². The monoisotopic (exact) mass is 202 g/mol. The van der Waals surface area contributed by atoms with Crippen LogP contribution in [0.5, 0.6) is 0 Å². The molecule has 0 fully saturated rings. The summed E-state index contributed by atoms with van der Waals surface area (Å²) in [6.07, 6.45) is 3.32. The number of nitrogens with zero attached hydrogens (tertiary/aromatic N) is 1. The van der Waals surface area contributed by atoms with Crippen LogP contribution >= 0.6 is 0 Å². The zero-order valence-corrected chi connectivity index (χ0v) is 8.23. The summed E-state index contributed by atoms with van der Waals surface area (Å²) in [6, 6.07) is 7.06. The molecule has 0 aromatic carbocycles. The van der Waals surface area contributed by atoms with Gasteiger partial charge < -0.3 is 9.73 Å². The highest BCUT2D eigenvalue weighted by atomic mass is 16.4. The van der Waals surface area contributed by atoms with Gasteiger partial charge in [-0.2, -0.15) is 0 Å². The Morgan fingerprint density at radius 1 is 1.33 bits per heavy atom. The van der Waals surface area contributed by atoms with Gasteiger partial charge in [-0.05, 0) is 24.3 Å². The summed E-state index contributed by atoms with van der Waals surface area (Å²) in [4.78, 5) is 15.4. The van der Waals surface area contributed by atoms with Crippen molar-refractivity contribution in [2.24, 2.45) is 0 Å². The molecule has 0 amide bonds. The van der Waals surface area contributed by atoms with Crippen molar-refractivity contribution in [2.75, 3.05) is 12.4 Å². The number of nitrogens with one attached hydrogen (secondary N) is 1. The second-order valence-corrected chi connectivity index (χ2v) is 2.99. The second kappa shape index (κ2) is 3.96. The van der Waals surface area contributed by atoms with Crippen LogP contribution in [0, 0.1) is 0 Å². The van der Waals surface area contributed by atoms with Crippen LogP contribution in [0.1, 0.15) is 0 Å². The summed E-state index contributed by atoms with van der Waals surface area (Å²) in [5, 5.41) is 2.75. The Bertz CT molecular complexity index is 505.